The lowest BCUT2D eigenvalue weighted by Crippen LogP contribution is -2.26. The van der Waals surface area contributed by atoms with Crippen LogP contribution in [0.5, 0.6) is 0 Å². The van der Waals surface area contributed by atoms with Crippen molar-refractivity contribution in [2.45, 2.75) is 34.6 Å². The quantitative estimate of drug-likeness (QED) is 0.878. The fourth-order valence-corrected chi connectivity index (χ4v) is 1.83. The van der Waals surface area contributed by atoms with Crippen LogP contribution in [-0.2, 0) is 0 Å². The molecule has 0 amide bonds. The second-order valence-corrected chi connectivity index (χ2v) is 6.35. The van der Waals surface area contributed by atoms with Crippen molar-refractivity contribution in [1.29, 1.82) is 0 Å². The Bertz CT molecular complexity index is 584. The summed E-state index contributed by atoms with van der Waals surface area (Å²) in [6.45, 7) is 11.7. The van der Waals surface area contributed by atoms with Gasteiger partial charge in [-0.05, 0) is 18.3 Å². The summed E-state index contributed by atoms with van der Waals surface area (Å²) in [5.41, 5.74) is 1.14. The number of hydrogen-bond acceptors (Lipinski definition) is 4. The molecular weight excluding hydrogens is 262 g/mol. The van der Waals surface area contributed by atoms with Crippen LogP contribution >= 0.6 is 11.6 Å². The largest absolute Gasteiger partial charge is 0.369 e. The summed E-state index contributed by atoms with van der Waals surface area (Å²) in [7, 11) is 0. The third-order valence-electron chi connectivity index (χ3n) is 3.66. The molecular formula is C13H20ClN5. The number of fused-ring (bicyclic) bond motifs is 1. The molecule has 0 aliphatic rings. The lowest BCUT2D eigenvalue weighted by Gasteiger charge is -2.28. The summed E-state index contributed by atoms with van der Waals surface area (Å²) in [6, 6.07) is 0. The second-order valence-electron chi connectivity index (χ2n) is 6.00. The minimum Gasteiger partial charge on any atom is -0.369 e. The van der Waals surface area contributed by atoms with Gasteiger partial charge in [0.15, 0.2) is 0 Å². The van der Waals surface area contributed by atoms with Crippen molar-refractivity contribution in [2.75, 3.05) is 11.9 Å². The molecule has 1 atom stereocenters. The third kappa shape index (κ3) is 2.81. The molecule has 0 saturated heterocycles. The van der Waals surface area contributed by atoms with Gasteiger partial charge in [0.1, 0.15) is 17.3 Å². The van der Waals surface area contributed by atoms with Crippen LogP contribution in [0.15, 0.2) is 6.33 Å². The fraction of sp³-hybridized carbons (Fsp3) is 0.615. The highest BCUT2D eigenvalue weighted by atomic mass is 35.5. The Hall–Kier alpha value is -1.36. The first-order valence-corrected chi connectivity index (χ1v) is 6.78. The van der Waals surface area contributed by atoms with Gasteiger partial charge in [-0.15, -0.1) is 0 Å². The molecule has 0 saturated carbocycles. The maximum atomic E-state index is 6.12. The average molecular weight is 282 g/mol. The lowest BCUT2D eigenvalue weighted by molar-refractivity contribution is 0.274. The monoisotopic (exact) mass is 281 g/mol. The summed E-state index contributed by atoms with van der Waals surface area (Å²) in [5.74, 6) is 1.89. The van der Waals surface area contributed by atoms with Crippen LogP contribution in [-0.4, -0.2) is 26.1 Å². The minimum absolute atomic E-state index is 0.249. The minimum atomic E-state index is 0.249. The van der Waals surface area contributed by atoms with Crippen molar-refractivity contribution in [2.24, 2.45) is 11.3 Å². The molecule has 1 N–H and O–H groups in total. The Morgan fingerprint density at radius 2 is 2.11 bits per heavy atom. The van der Waals surface area contributed by atoms with Gasteiger partial charge in [0.25, 0.3) is 5.78 Å². The first-order valence-electron chi connectivity index (χ1n) is 6.40. The highest BCUT2D eigenvalue weighted by Crippen LogP contribution is 2.27. The van der Waals surface area contributed by atoms with Gasteiger partial charge in [0.05, 0.1) is 0 Å². The Morgan fingerprint density at radius 3 is 2.74 bits per heavy atom. The standard InChI is InChI=1S/C13H20ClN5/c1-8(13(3,4)5)6-15-11-9(2)10(14)18-12-16-7-17-19(11)12/h7-8,15H,6H2,1-5H3. The van der Waals surface area contributed by atoms with Crippen LogP contribution < -0.4 is 5.32 Å². The van der Waals surface area contributed by atoms with E-state index in [1.54, 1.807) is 4.52 Å². The van der Waals surface area contributed by atoms with Crippen LogP contribution in [0.2, 0.25) is 5.15 Å². The number of halogens is 1. The van der Waals surface area contributed by atoms with Crippen molar-refractivity contribution in [3.05, 3.63) is 17.0 Å². The van der Waals surface area contributed by atoms with Gasteiger partial charge in [-0.1, -0.05) is 39.3 Å². The molecule has 0 bridgehead atoms. The molecule has 2 heterocycles. The predicted octanol–water partition coefficient (Wildman–Crippen LogP) is 3.18. The van der Waals surface area contributed by atoms with Crippen molar-refractivity contribution >= 4 is 23.2 Å². The summed E-state index contributed by atoms with van der Waals surface area (Å²) in [6.07, 6.45) is 1.48. The van der Waals surface area contributed by atoms with E-state index in [-0.39, 0.29) is 5.41 Å². The van der Waals surface area contributed by atoms with E-state index < -0.39 is 0 Å². The summed E-state index contributed by atoms with van der Waals surface area (Å²) >= 11 is 6.12. The summed E-state index contributed by atoms with van der Waals surface area (Å²) < 4.78 is 1.69. The molecule has 2 rings (SSSR count). The van der Waals surface area contributed by atoms with Crippen LogP contribution in [0.3, 0.4) is 0 Å². The smallest absolute Gasteiger partial charge is 0.255 e. The van der Waals surface area contributed by atoms with E-state index in [2.05, 4.69) is 48.1 Å². The molecule has 0 aliphatic carbocycles. The normalized spacial score (nSPS) is 13.8. The molecule has 0 spiro atoms. The molecule has 0 aliphatic heterocycles. The van der Waals surface area contributed by atoms with Gasteiger partial charge in [0.2, 0.25) is 0 Å². The van der Waals surface area contributed by atoms with Gasteiger partial charge in [-0.25, -0.2) is 0 Å². The molecule has 2 aromatic rings. The number of anilines is 1. The number of hydrogen-bond donors (Lipinski definition) is 1. The maximum Gasteiger partial charge on any atom is 0.255 e. The molecule has 1 unspecified atom stereocenters. The Balaban J connectivity index is 2.30. The Morgan fingerprint density at radius 1 is 1.42 bits per heavy atom. The number of aromatic nitrogens is 4. The van der Waals surface area contributed by atoms with E-state index in [0.29, 0.717) is 16.8 Å². The zero-order valence-electron chi connectivity index (χ0n) is 12.0. The molecule has 0 radical (unpaired) electrons. The van der Waals surface area contributed by atoms with E-state index in [1.165, 1.54) is 6.33 Å². The van der Waals surface area contributed by atoms with E-state index in [1.807, 2.05) is 6.92 Å². The highest BCUT2D eigenvalue weighted by molar-refractivity contribution is 6.30. The molecule has 5 nitrogen and oxygen atoms in total. The van der Waals surface area contributed by atoms with Crippen LogP contribution in [0.25, 0.3) is 5.78 Å². The van der Waals surface area contributed by atoms with E-state index >= 15 is 0 Å². The maximum absolute atomic E-state index is 6.12. The first-order chi connectivity index (χ1) is 8.80. The topological polar surface area (TPSA) is 55.1 Å². The zero-order valence-corrected chi connectivity index (χ0v) is 12.8. The van der Waals surface area contributed by atoms with E-state index in [0.717, 1.165) is 17.9 Å². The van der Waals surface area contributed by atoms with Crippen molar-refractivity contribution in [1.82, 2.24) is 19.6 Å². The van der Waals surface area contributed by atoms with Crippen molar-refractivity contribution in [3.63, 3.8) is 0 Å². The number of rotatable bonds is 3. The van der Waals surface area contributed by atoms with Crippen molar-refractivity contribution in [3.8, 4) is 0 Å². The highest BCUT2D eigenvalue weighted by Gasteiger charge is 2.21. The van der Waals surface area contributed by atoms with Gasteiger partial charge in [-0.2, -0.15) is 19.6 Å². The van der Waals surface area contributed by atoms with Crippen LogP contribution in [0.4, 0.5) is 5.82 Å². The lowest BCUT2D eigenvalue weighted by atomic mass is 9.82. The molecule has 19 heavy (non-hydrogen) atoms. The Labute approximate surface area is 118 Å². The van der Waals surface area contributed by atoms with Gasteiger partial charge in [-0.3, -0.25) is 0 Å². The predicted molar refractivity (Wildman–Crippen MR) is 77.6 cm³/mol. The third-order valence-corrected chi connectivity index (χ3v) is 4.03. The molecule has 104 valence electrons. The SMILES string of the molecule is Cc1c(Cl)nc2ncnn2c1NCC(C)C(C)(C)C. The summed E-state index contributed by atoms with van der Waals surface area (Å²) in [5, 5.41) is 8.07. The van der Waals surface area contributed by atoms with Gasteiger partial charge in [0, 0.05) is 12.1 Å². The van der Waals surface area contributed by atoms with Crippen LogP contribution in [0, 0.1) is 18.3 Å². The molecule has 0 fully saturated rings. The van der Waals surface area contributed by atoms with Gasteiger partial charge >= 0.3 is 0 Å². The zero-order chi connectivity index (χ0) is 14.2. The molecule has 6 heteroatoms. The van der Waals surface area contributed by atoms with E-state index in [9.17, 15) is 0 Å². The van der Waals surface area contributed by atoms with E-state index in [4.69, 9.17) is 11.6 Å². The first kappa shape index (κ1) is 14.1. The molecule has 2 aromatic heterocycles. The summed E-state index contributed by atoms with van der Waals surface area (Å²) in [4.78, 5) is 8.26. The van der Waals surface area contributed by atoms with Crippen molar-refractivity contribution < 1.29 is 0 Å². The Kier molecular flexibility index (Phi) is 3.67. The second kappa shape index (κ2) is 4.96. The average Bonchev–Trinajstić information content (AvgIpc) is 2.75. The van der Waals surface area contributed by atoms with Crippen LogP contribution in [0.1, 0.15) is 33.3 Å². The fourth-order valence-electron chi connectivity index (χ4n) is 1.66. The molecule has 0 aromatic carbocycles. The number of nitrogens with zero attached hydrogens (tertiary/aromatic N) is 4. The number of nitrogens with one attached hydrogen (secondary N) is 1. The van der Waals surface area contributed by atoms with Gasteiger partial charge < -0.3 is 5.32 Å².